The van der Waals surface area contributed by atoms with Gasteiger partial charge in [-0.1, -0.05) is 30.2 Å². The van der Waals surface area contributed by atoms with Crippen molar-refractivity contribution in [2.45, 2.75) is 19.0 Å². The van der Waals surface area contributed by atoms with Crippen molar-refractivity contribution in [1.82, 2.24) is 15.3 Å². The molecule has 0 radical (unpaired) electrons. The fraction of sp³-hybridized carbons (Fsp3) is 0.308. The first-order valence-electron chi connectivity index (χ1n) is 11.0. The molecule has 33 heavy (non-hydrogen) atoms. The summed E-state index contributed by atoms with van der Waals surface area (Å²) in [7, 11) is 0. The highest BCUT2D eigenvalue weighted by molar-refractivity contribution is 5.32. The molecule has 5 nitrogen and oxygen atoms in total. The Morgan fingerprint density at radius 2 is 1.48 bits per heavy atom. The van der Waals surface area contributed by atoms with E-state index in [4.69, 9.17) is 9.62 Å². The lowest BCUT2D eigenvalue weighted by atomic mass is 9.96. The fourth-order valence-electron chi connectivity index (χ4n) is 4.10. The summed E-state index contributed by atoms with van der Waals surface area (Å²) in [6.45, 7) is 4.46. The summed E-state index contributed by atoms with van der Waals surface area (Å²) in [6.07, 6.45) is 0.539. The fourth-order valence-corrected chi connectivity index (χ4v) is 4.10. The van der Waals surface area contributed by atoms with Gasteiger partial charge in [0.05, 0.1) is 12.6 Å². The maximum absolute atomic E-state index is 13.5. The molecule has 0 aliphatic carbocycles. The summed E-state index contributed by atoms with van der Waals surface area (Å²) in [4.78, 5) is 4.68. The Bertz CT molecular complexity index is 1030. The van der Waals surface area contributed by atoms with Gasteiger partial charge in [0.25, 0.3) is 0 Å². The van der Waals surface area contributed by atoms with Gasteiger partial charge in [-0.25, -0.2) is 14.3 Å². The molecule has 1 aromatic heterocycles. The van der Waals surface area contributed by atoms with Gasteiger partial charge in [0.15, 0.2) is 5.76 Å². The second kappa shape index (κ2) is 11.2. The molecule has 3 aromatic rings. The summed E-state index contributed by atoms with van der Waals surface area (Å²) in [5, 5.41) is 8.57. The highest BCUT2D eigenvalue weighted by atomic mass is 19.1. The summed E-state index contributed by atoms with van der Waals surface area (Å²) in [5.74, 6) is 6.84. The molecular formula is C26H27F2N3O2. The van der Waals surface area contributed by atoms with Gasteiger partial charge in [0, 0.05) is 39.1 Å². The van der Waals surface area contributed by atoms with E-state index in [1.807, 2.05) is 12.1 Å². The van der Waals surface area contributed by atoms with Crippen molar-refractivity contribution in [3.63, 3.8) is 0 Å². The van der Waals surface area contributed by atoms with E-state index in [2.05, 4.69) is 27.1 Å². The van der Waals surface area contributed by atoms with Crippen LogP contribution in [0, 0.1) is 23.5 Å². The van der Waals surface area contributed by atoms with E-state index in [1.54, 1.807) is 24.3 Å². The first-order chi connectivity index (χ1) is 16.1. The predicted molar refractivity (Wildman–Crippen MR) is 121 cm³/mol. The molecule has 1 saturated heterocycles. The molecule has 7 heteroatoms. The Kier molecular flexibility index (Phi) is 7.87. The van der Waals surface area contributed by atoms with Crippen molar-refractivity contribution in [2.24, 2.45) is 0 Å². The molecule has 0 saturated carbocycles. The summed E-state index contributed by atoms with van der Waals surface area (Å²) < 4.78 is 32.8. The minimum Gasteiger partial charge on any atom is -0.451 e. The van der Waals surface area contributed by atoms with Crippen LogP contribution in [-0.2, 0) is 6.54 Å². The zero-order valence-corrected chi connectivity index (χ0v) is 18.3. The number of nitrogens with one attached hydrogen (secondary N) is 1. The number of rotatable bonds is 7. The smallest absolute Gasteiger partial charge is 0.177 e. The Balaban J connectivity index is 1.40. The zero-order chi connectivity index (χ0) is 23.0. The maximum Gasteiger partial charge on any atom is 0.177 e. The normalized spacial score (nSPS) is 14.9. The van der Waals surface area contributed by atoms with Crippen LogP contribution in [0.2, 0.25) is 0 Å². The highest BCUT2D eigenvalue weighted by Gasteiger charge is 2.27. The topological polar surface area (TPSA) is 51.9 Å². The molecule has 0 unspecified atom stereocenters. The van der Waals surface area contributed by atoms with E-state index in [-0.39, 0.29) is 17.7 Å². The van der Waals surface area contributed by atoms with Crippen LogP contribution in [0.15, 0.2) is 65.1 Å². The van der Waals surface area contributed by atoms with Crippen molar-refractivity contribution >= 4 is 0 Å². The molecule has 0 spiro atoms. The van der Waals surface area contributed by atoms with Gasteiger partial charge in [-0.2, -0.15) is 0 Å². The maximum atomic E-state index is 13.5. The number of hydrogen-bond donors (Lipinski definition) is 2. The van der Waals surface area contributed by atoms with E-state index in [0.29, 0.717) is 25.3 Å². The van der Waals surface area contributed by atoms with Crippen molar-refractivity contribution in [2.75, 3.05) is 32.7 Å². The lowest BCUT2D eigenvalue weighted by Crippen LogP contribution is -2.47. The van der Waals surface area contributed by atoms with Gasteiger partial charge >= 0.3 is 0 Å². The van der Waals surface area contributed by atoms with Crippen LogP contribution >= 0.6 is 0 Å². The molecule has 0 amide bonds. The molecule has 2 heterocycles. The molecule has 2 N–H and O–H groups in total. The van der Waals surface area contributed by atoms with Crippen LogP contribution in [-0.4, -0.2) is 47.7 Å². The molecule has 0 bridgehead atoms. The number of furan rings is 1. The Morgan fingerprint density at radius 1 is 0.879 bits per heavy atom. The lowest BCUT2D eigenvalue weighted by Gasteiger charge is -2.39. The monoisotopic (exact) mass is 451 g/mol. The van der Waals surface area contributed by atoms with E-state index in [9.17, 15) is 8.78 Å². The van der Waals surface area contributed by atoms with Gasteiger partial charge < -0.3 is 9.62 Å². The second-order valence-electron chi connectivity index (χ2n) is 8.04. The van der Waals surface area contributed by atoms with Gasteiger partial charge in [0.2, 0.25) is 0 Å². The summed E-state index contributed by atoms with van der Waals surface area (Å²) in [6, 6.07) is 16.8. The van der Waals surface area contributed by atoms with Crippen LogP contribution in [0.1, 0.15) is 35.1 Å². The van der Waals surface area contributed by atoms with Crippen LogP contribution in [0.5, 0.6) is 0 Å². The number of hydrogen-bond acceptors (Lipinski definition) is 5. The van der Waals surface area contributed by atoms with Gasteiger partial charge in [0.1, 0.15) is 17.4 Å². The third-order valence-corrected chi connectivity index (χ3v) is 5.76. The largest absolute Gasteiger partial charge is 0.451 e. The van der Waals surface area contributed by atoms with Gasteiger partial charge in [-0.05, 0) is 53.4 Å². The van der Waals surface area contributed by atoms with Crippen LogP contribution in [0.4, 0.5) is 8.78 Å². The molecule has 2 aromatic carbocycles. The van der Waals surface area contributed by atoms with Crippen molar-refractivity contribution in [3.05, 3.63) is 94.9 Å². The molecule has 1 aliphatic rings. The summed E-state index contributed by atoms with van der Waals surface area (Å²) in [5.41, 5.74) is 4.05. The lowest BCUT2D eigenvalue weighted by molar-refractivity contribution is 0.0996. The molecule has 1 aliphatic heterocycles. The van der Waals surface area contributed by atoms with Crippen molar-refractivity contribution < 1.29 is 18.4 Å². The predicted octanol–water partition coefficient (Wildman–Crippen LogP) is 4.19. The first-order valence-corrected chi connectivity index (χ1v) is 11.0. The Hall–Kier alpha value is -3.02. The number of benzene rings is 2. The first kappa shape index (κ1) is 23.1. The Labute approximate surface area is 192 Å². The van der Waals surface area contributed by atoms with E-state index < -0.39 is 0 Å². The number of nitrogens with zero attached hydrogens (tertiary/aromatic N) is 2. The zero-order valence-electron chi connectivity index (χ0n) is 18.3. The molecule has 0 atom stereocenters. The van der Waals surface area contributed by atoms with Crippen LogP contribution in [0.3, 0.4) is 0 Å². The third-order valence-electron chi connectivity index (χ3n) is 5.76. The summed E-state index contributed by atoms with van der Waals surface area (Å²) >= 11 is 0. The molecule has 4 rings (SSSR count). The number of halogens is 2. The standard InChI is InChI=1S/C26H27F2N3O2/c27-22-8-4-20(5-9-22)26(21-6-10-23(28)11-7-21)31-17-15-30(16-18-31)19-25-13-12-24(33-25)3-1-2-14-29-32/h4-13,26,29,32H,2,14-19H2. The van der Waals surface area contributed by atoms with E-state index >= 15 is 0 Å². The quantitative estimate of drug-likeness (QED) is 0.321. The Morgan fingerprint density at radius 3 is 2.06 bits per heavy atom. The molecule has 1 fully saturated rings. The minimum atomic E-state index is -0.269. The molecular weight excluding hydrogens is 424 g/mol. The average molecular weight is 452 g/mol. The van der Waals surface area contributed by atoms with Crippen LogP contribution in [0.25, 0.3) is 0 Å². The van der Waals surface area contributed by atoms with Crippen molar-refractivity contribution in [3.8, 4) is 11.8 Å². The number of hydroxylamine groups is 1. The van der Waals surface area contributed by atoms with Crippen molar-refractivity contribution in [1.29, 1.82) is 0 Å². The van der Waals surface area contributed by atoms with E-state index in [0.717, 1.165) is 43.1 Å². The second-order valence-corrected chi connectivity index (χ2v) is 8.04. The highest BCUT2D eigenvalue weighted by Crippen LogP contribution is 2.30. The SMILES string of the molecule is ONCCC#Cc1ccc(CN2CCN(C(c3ccc(F)cc3)c3ccc(F)cc3)CC2)o1. The minimum absolute atomic E-state index is 0.0627. The average Bonchev–Trinajstić information content (AvgIpc) is 3.27. The van der Waals surface area contributed by atoms with Gasteiger partial charge in [-0.15, -0.1) is 0 Å². The molecule has 172 valence electrons. The van der Waals surface area contributed by atoms with Gasteiger partial charge in [-0.3, -0.25) is 9.80 Å². The third kappa shape index (κ3) is 6.28. The van der Waals surface area contributed by atoms with E-state index in [1.165, 1.54) is 24.3 Å². The van der Waals surface area contributed by atoms with Crippen LogP contribution < -0.4 is 5.48 Å². The number of piperazine rings is 1.